The quantitative estimate of drug-likeness (QED) is 0.290. The lowest BCUT2D eigenvalue weighted by atomic mass is 10.1. The van der Waals surface area contributed by atoms with Crippen LogP contribution in [0.3, 0.4) is 0 Å². The fourth-order valence-corrected chi connectivity index (χ4v) is 7.27. The monoisotopic (exact) mass is 566 g/mol. The number of imidazole rings is 1. The molecule has 3 aromatic rings. The van der Waals surface area contributed by atoms with E-state index in [9.17, 15) is 8.42 Å². The minimum absolute atomic E-state index is 0.116. The summed E-state index contributed by atoms with van der Waals surface area (Å²) in [4.78, 5) is 4.58. The number of fused-ring (bicyclic) bond motifs is 1. The second-order valence-corrected chi connectivity index (χ2v) is 19.1. The van der Waals surface area contributed by atoms with Crippen LogP contribution in [-0.4, -0.2) is 55.1 Å². The summed E-state index contributed by atoms with van der Waals surface area (Å²) >= 11 is 0. The fraction of sp³-hybridized carbons (Fsp3) is 0.517. The lowest BCUT2D eigenvalue weighted by Gasteiger charge is -2.38. The summed E-state index contributed by atoms with van der Waals surface area (Å²) in [5.41, 5.74) is 2.69. The Morgan fingerprint density at radius 1 is 1.18 bits per heavy atom. The Balaban J connectivity index is 1.20. The molecule has 3 heterocycles. The molecule has 208 valence electrons. The molecule has 39 heavy (non-hydrogen) atoms. The normalized spacial score (nSPS) is 22.3. The summed E-state index contributed by atoms with van der Waals surface area (Å²) in [6.45, 7) is 15.0. The molecule has 0 unspecified atom stereocenters. The predicted octanol–water partition coefficient (Wildman–Crippen LogP) is 5.16. The van der Waals surface area contributed by atoms with Crippen molar-refractivity contribution in [2.75, 3.05) is 19.3 Å². The van der Waals surface area contributed by atoms with E-state index in [-0.39, 0.29) is 11.1 Å². The van der Waals surface area contributed by atoms with Gasteiger partial charge in [0.1, 0.15) is 17.6 Å². The van der Waals surface area contributed by atoms with E-state index >= 15 is 0 Å². The van der Waals surface area contributed by atoms with Gasteiger partial charge in [-0.3, -0.25) is 0 Å². The lowest BCUT2D eigenvalue weighted by molar-refractivity contribution is 0.189. The van der Waals surface area contributed by atoms with Crippen molar-refractivity contribution < 1.29 is 17.4 Å². The molecule has 5 rings (SSSR count). The maximum atomic E-state index is 11.7. The van der Waals surface area contributed by atoms with Crippen LogP contribution >= 0.6 is 0 Å². The van der Waals surface area contributed by atoms with E-state index in [4.69, 9.17) is 8.95 Å². The maximum absolute atomic E-state index is 11.7. The zero-order valence-corrected chi connectivity index (χ0v) is 25.6. The largest absolute Gasteiger partial charge is 0.407 e. The van der Waals surface area contributed by atoms with Crippen LogP contribution in [0.4, 0.5) is 0 Å². The first-order chi connectivity index (χ1) is 18.2. The van der Waals surface area contributed by atoms with Crippen molar-refractivity contribution >= 4 is 18.3 Å². The Morgan fingerprint density at radius 3 is 2.46 bits per heavy atom. The highest BCUT2D eigenvalue weighted by atomic mass is 32.2. The van der Waals surface area contributed by atoms with Gasteiger partial charge in [-0.1, -0.05) is 37.8 Å². The Bertz CT molecular complexity index is 1500. The zero-order chi connectivity index (χ0) is 28.2. The molecule has 2 fully saturated rings. The molecule has 0 radical (unpaired) electrons. The minimum Gasteiger partial charge on any atom is -0.407 e. The number of piperidine rings is 1. The van der Waals surface area contributed by atoms with Crippen molar-refractivity contribution in [2.45, 2.75) is 58.5 Å². The average Bonchev–Trinajstić information content (AvgIpc) is 3.33. The molecule has 10 heteroatoms. The van der Waals surface area contributed by atoms with Crippen LogP contribution in [0.1, 0.15) is 50.9 Å². The van der Waals surface area contributed by atoms with E-state index in [1.54, 1.807) is 10.5 Å². The number of nitrogens with zero attached hydrogens (tertiary/aromatic N) is 4. The van der Waals surface area contributed by atoms with Crippen molar-refractivity contribution in [1.29, 1.82) is 0 Å². The van der Waals surface area contributed by atoms with Gasteiger partial charge in [-0.25, -0.2) is 17.7 Å². The third kappa shape index (κ3) is 5.92. The first kappa shape index (κ1) is 27.8. The summed E-state index contributed by atoms with van der Waals surface area (Å²) in [6, 6.07) is 9.91. The SMILES string of the molecule is C[C@H](O[Si](C)(C)C(C)(C)C)c1nccn1Cc1cc(-c2ccc(C#C[C@@H]3[C@H]4CN(S(C)(=O)=O)C[C@@H]34)cc2)on1. The van der Waals surface area contributed by atoms with Crippen LogP contribution in [0, 0.1) is 29.6 Å². The van der Waals surface area contributed by atoms with Crippen LogP contribution in [0.25, 0.3) is 11.3 Å². The minimum atomic E-state index is -3.10. The van der Waals surface area contributed by atoms with Gasteiger partial charge in [-0.2, -0.15) is 0 Å². The zero-order valence-electron chi connectivity index (χ0n) is 23.8. The van der Waals surface area contributed by atoms with E-state index in [1.807, 2.05) is 36.5 Å². The van der Waals surface area contributed by atoms with E-state index in [2.05, 4.69) is 67.3 Å². The highest BCUT2D eigenvalue weighted by Crippen LogP contribution is 2.51. The number of sulfonamides is 1. The van der Waals surface area contributed by atoms with E-state index in [1.165, 1.54) is 6.26 Å². The van der Waals surface area contributed by atoms with Gasteiger partial charge in [0, 0.05) is 48.6 Å². The first-order valence-electron chi connectivity index (χ1n) is 13.4. The second kappa shape index (κ2) is 10.0. The van der Waals surface area contributed by atoms with Crippen molar-refractivity contribution in [3.63, 3.8) is 0 Å². The number of aromatic nitrogens is 3. The molecule has 8 nitrogen and oxygen atoms in total. The average molecular weight is 567 g/mol. The molecule has 1 saturated carbocycles. The molecular formula is C29H38N4O4SSi. The highest BCUT2D eigenvalue weighted by molar-refractivity contribution is 7.88. The van der Waals surface area contributed by atoms with Crippen LogP contribution in [-0.2, 0) is 21.0 Å². The van der Waals surface area contributed by atoms with Crippen molar-refractivity contribution in [3.05, 3.63) is 59.8 Å². The molecule has 0 N–H and O–H groups in total. The Labute approximate surface area is 232 Å². The molecular weight excluding hydrogens is 528 g/mol. The maximum Gasteiger partial charge on any atom is 0.211 e. The molecule has 1 aromatic carbocycles. The van der Waals surface area contributed by atoms with Crippen molar-refractivity contribution in [1.82, 2.24) is 19.0 Å². The third-order valence-electron chi connectivity index (χ3n) is 8.46. The predicted molar refractivity (Wildman–Crippen MR) is 154 cm³/mol. The third-order valence-corrected chi connectivity index (χ3v) is 14.3. The fourth-order valence-electron chi connectivity index (χ4n) is 5.04. The molecule has 0 spiro atoms. The molecule has 1 saturated heterocycles. The van der Waals surface area contributed by atoms with E-state index in [0.717, 1.165) is 22.6 Å². The highest BCUT2D eigenvalue weighted by Gasteiger charge is 2.56. The first-order valence-corrected chi connectivity index (χ1v) is 18.2. The summed E-state index contributed by atoms with van der Waals surface area (Å²) < 4.78 is 39.3. The Hall–Kier alpha value is -2.71. The summed E-state index contributed by atoms with van der Waals surface area (Å²) in [5, 5.41) is 4.42. The molecule has 2 aromatic heterocycles. The second-order valence-electron chi connectivity index (χ2n) is 12.4. The van der Waals surface area contributed by atoms with Crippen LogP contribution in [0.15, 0.2) is 47.2 Å². The van der Waals surface area contributed by atoms with Crippen LogP contribution < -0.4 is 0 Å². The van der Waals surface area contributed by atoms with Gasteiger partial charge >= 0.3 is 0 Å². The summed E-state index contributed by atoms with van der Waals surface area (Å²) in [6.07, 6.45) is 4.92. The molecule has 4 atom stereocenters. The van der Waals surface area contributed by atoms with Gasteiger partial charge in [-0.05, 0) is 61.2 Å². The van der Waals surface area contributed by atoms with E-state index < -0.39 is 18.3 Å². The number of benzene rings is 1. The smallest absolute Gasteiger partial charge is 0.211 e. The van der Waals surface area contributed by atoms with Crippen LogP contribution in [0.2, 0.25) is 18.1 Å². The van der Waals surface area contributed by atoms with Gasteiger partial charge in [-0.15, -0.1) is 0 Å². The standard InChI is InChI=1S/C29H38N4O4SSi/c1-20(37-39(6,7)29(2,3)4)28-30-14-15-32(28)17-23-16-27(36-31-23)22-11-8-21(9-12-22)10-13-24-25-18-33(19-26(24)25)38(5,34)35/h8-9,11-12,14-16,20,24-26H,17-19H2,1-7H3/t20-,24-,25-,26+/m0/s1. The number of hydrogen-bond acceptors (Lipinski definition) is 6. The van der Waals surface area contributed by atoms with Gasteiger partial charge < -0.3 is 13.5 Å². The number of rotatable bonds is 7. The van der Waals surface area contributed by atoms with E-state index in [0.29, 0.717) is 43.1 Å². The van der Waals surface area contributed by atoms with Gasteiger partial charge in [0.2, 0.25) is 10.0 Å². The molecule has 1 aliphatic heterocycles. The molecule has 1 aliphatic carbocycles. The topological polar surface area (TPSA) is 90.5 Å². The molecule has 0 bridgehead atoms. The number of hydrogen-bond donors (Lipinski definition) is 0. The summed E-state index contributed by atoms with van der Waals surface area (Å²) in [5.74, 6) is 9.23. The van der Waals surface area contributed by atoms with Crippen LogP contribution in [0.5, 0.6) is 0 Å². The summed E-state index contributed by atoms with van der Waals surface area (Å²) in [7, 11) is -5.02. The Kier molecular flexibility index (Phi) is 7.16. The van der Waals surface area contributed by atoms with Gasteiger partial charge in [0.25, 0.3) is 0 Å². The molecule has 2 aliphatic rings. The van der Waals surface area contributed by atoms with Gasteiger partial charge in [0.15, 0.2) is 14.1 Å². The van der Waals surface area contributed by atoms with Crippen molar-refractivity contribution in [2.24, 2.45) is 17.8 Å². The lowest BCUT2D eigenvalue weighted by Crippen LogP contribution is -2.41. The van der Waals surface area contributed by atoms with Crippen molar-refractivity contribution in [3.8, 4) is 23.2 Å². The Morgan fingerprint density at radius 2 is 1.85 bits per heavy atom. The molecule has 0 amide bonds. The van der Waals surface area contributed by atoms with Gasteiger partial charge in [0.05, 0.1) is 12.8 Å².